The molecule has 0 saturated carbocycles. The van der Waals surface area contributed by atoms with Gasteiger partial charge < -0.3 is 5.11 Å². The van der Waals surface area contributed by atoms with Gasteiger partial charge in [-0.2, -0.15) is 39.5 Å². The molecule has 126 valence electrons. The molecule has 0 aliphatic rings. The van der Waals surface area contributed by atoms with Crippen LogP contribution in [0.1, 0.15) is 11.7 Å². The third-order valence-corrected chi connectivity index (χ3v) is 3.19. The number of aliphatic hydroxyl groups excluding tert-OH is 1. The second kappa shape index (κ2) is 5.48. The molecule has 1 rings (SSSR count). The Morgan fingerprint density at radius 2 is 1.05 bits per heavy atom. The minimum Gasteiger partial charge on any atom is -0.387 e. The van der Waals surface area contributed by atoms with E-state index in [9.17, 15) is 44.6 Å². The van der Waals surface area contributed by atoms with Gasteiger partial charge in [0.15, 0.2) is 0 Å². The molecular weight excluding hydrogens is 355 g/mol. The van der Waals surface area contributed by atoms with Crippen molar-refractivity contribution >= 4 is 11.6 Å². The fourth-order valence-electron chi connectivity index (χ4n) is 1.84. The van der Waals surface area contributed by atoms with E-state index in [1.54, 1.807) is 0 Å². The summed E-state index contributed by atoms with van der Waals surface area (Å²) < 4.78 is 115. The van der Waals surface area contributed by atoms with Crippen molar-refractivity contribution in [3.05, 3.63) is 34.9 Å². The average Bonchev–Trinajstić information content (AvgIpc) is 2.23. The third-order valence-electron chi connectivity index (χ3n) is 2.94. The Balaban J connectivity index is 3.66. The zero-order valence-electron chi connectivity index (χ0n) is 10.1. The van der Waals surface area contributed by atoms with Gasteiger partial charge >= 0.3 is 18.5 Å². The summed E-state index contributed by atoms with van der Waals surface area (Å²) in [6.07, 6.45) is -24.4. The molecule has 0 aliphatic carbocycles. The van der Waals surface area contributed by atoms with E-state index in [4.69, 9.17) is 11.6 Å². The molecule has 0 heterocycles. The lowest BCUT2D eigenvalue weighted by atomic mass is 9.76. The first-order chi connectivity index (χ1) is 9.66. The topological polar surface area (TPSA) is 20.2 Å². The van der Waals surface area contributed by atoms with E-state index in [0.29, 0.717) is 12.1 Å². The van der Waals surface area contributed by atoms with Gasteiger partial charge in [-0.15, -0.1) is 0 Å². The first-order valence-corrected chi connectivity index (χ1v) is 5.67. The molecule has 22 heavy (non-hydrogen) atoms. The predicted octanol–water partition coefficient (Wildman–Crippen LogP) is 5.05. The standard InChI is InChI=1S/C11H6ClF9O/c12-6-3-1-5(2-4-6)7(22)8(9(13,14)15,10(16,17)18)11(19,20)21/h1-4,7,22H. The maximum absolute atomic E-state index is 12.8. The molecule has 0 bridgehead atoms. The number of rotatable bonds is 2. The van der Waals surface area contributed by atoms with Gasteiger partial charge in [0.05, 0.1) is 0 Å². The normalized spacial score (nSPS) is 15.8. The second-order valence-corrected chi connectivity index (χ2v) is 4.69. The number of halogens is 10. The number of benzene rings is 1. The van der Waals surface area contributed by atoms with Crippen LogP contribution in [0.4, 0.5) is 39.5 Å². The third kappa shape index (κ3) is 2.85. The van der Waals surface area contributed by atoms with Gasteiger partial charge in [-0.3, -0.25) is 0 Å². The van der Waals surface area contributed by atoms with E-state index in [1.807, 2.05) is 0 Å². The molecule has 0 spiro atoms. The lowest BCUT2D eigenvalue weighted by Gasteiger charge is -2.41. The maximum atomic E-state index is 12.8. The van der Waals surface area contributed by atoms with Crippen molar-refractivity contribution in [2.75, 3.05) is 0 Å². The Kier molecular flexibility index (Phi) is 4.71. The molecule has 1 atom stereocenters. The Bertz CT molecular complexity index is 478. The largest absolute Gasteiger partial charge is 0.415 e. The Hall–Kier alpha value is -1.16. The SMILES string of the molecule is OC(c1ccc(Cl)cc1)C(C(F)(F)F)(C(F)(F)F)C(F)(F)F. The van der Waals surface area contributed by atoms with E-state index in [1.165, 1.54) is 0 Å². The molecule has 11 heteroatoms. The summed E-state index contributed by atoms with van der Waals surface area (Å²) in [5, 5.41) is 9.18. The Morgan fingerprint density at radius 1 is 0.727 bits per heavy atom. The van der Waals surface area contributed by atoms with Gasteiger partial charge in [-0.05, 0) is 17.7 Å². The zero-order chi connectivity index (χ0) is 17.6. The summed E-state index contributed by atoms with van der Waals surface area (Å²) in [4.78, 5) is 0. The fraction of sp³-hybridized carbons (Fsp3) is 0.455. The molecule has 0 fully saturated rings. The van der Waals surface area contributed by atoms with Gasteiger partial charge in [0.2, 0.25) is 0 Å². The minimum absolute atomic E-state index is 0.146. The molecule has 0 aromatic heterocycles. The van der Waals surface area contributed by atoms with E-state index in [-0.39, 0.29) is 5.02 Å². The molecular formula is C11H6ClF9O. The van der Waals surface area contributed by atoms with Crippen LogP contribution in [0, 0.1) is 5.41 Å². The molecule has 1 aromatic rings. The molecule has 1 N–H and O–H groups in total. The summed E-state index contributed by atoms with van der Waals surface area (Å²) in [6.45, 7) is 0. The molecule has 0 radical (unpaired) electrons. The predicted molar refractivity (Wildman–Crippen MR) is 57.0 cm³/mol. The van der Waals surface area contributed by atoms with E-state index >= 15 is 0 Å². The fourth-order valence-corrected chi connectivity index (χ4v) is 1.97. The Morgan fingerprint density at radius 3 is 1.32 bits per heavy atom. The highest BCUT2D eigenvalue weighted by molar-refractivity contribution is 6.30. The lowest BCUT2D eigenvalue weighted by molar-refractivity contribution is -0.449. The van der Waals surface area contributed by atoms with Crippen molar-refractivity contribution in [2.45, 2.75) is 24.6 Å². The Labute approximate surface area is 122 Å². The first kappa shape index (κ1) is 18.9. The van der Waals surface area contributed by atoms with Gasteiger partial charge in [0, 0.05) is 5.02 Å². The molecule has 0 saturated heterocycles. The second-order valence-electron chi connectivity index (χ2n) is 4.26. The number of hydrogen-bond acceptors (Lipinski definition) is 1. The van der Waals surface area contributed by atoms with Gasteiger partial charge in [0.1, 0.15) is 6.10 Å². The van der Waals surface area contributed by atoms with Crippen molar-refractivity contribution in [1.29, 1.82) is 0 Å². The summed E-state index contributed by atoms with van der Waals surface area (Å²) in [5.41, 5.74) is -7.54. The summed E-state index contributed by atoms with van der Waals surface area (Å²) in [6, 6.07) is 2.41. The van der Waals surface area contributed by atoms with Crippen molar-refractivity contribution in [1.82, 2.24) is 0 Å². The molecule has 1 aromatic carbocycles. The smallest absolute Gasteiger partial charge is 0.387 e. The summed E-state index contributed by atoms with van der Waals surface area (Å²) in [7, 11) is 0. The molecule has 0 amide bonds. The van der Waals surface area contributed by atoms with Crippen LogP contribution in [-0.4, -0.2) is 23.6 Å². The number of hydrogen-bond donors (Lipinski definition) is 1. The van der Waals surface area contributed by atoms with Crippen LogP contribution in [0.15, 0.2) is 24.3 Å². The molecule has 1 nitrogen and oxygen atoms in total. The molecule has 1 unspecified atom stereocenters. The number of alkyl halides is 9. The van der Waals surface area contributed by atoms with Crippen LogP contribution in [0.25, 0.3) is 0 Å². The van der Waals surface area contributed by atoms with Crippen molar-refractivity contribution < 1.29 is 44.6 Å². The van der Waals surface area contributed by atoms with Crippen LogP contribution in [0.2, 0.25) is 5.02 Å². The molecule has 0 aliphatic heterocycles. The van der Waals surface area contributed by atoms with E-state index in [0.717, 1.165) is 12.1 Å². The van der Waals surface area contributed by atoms with Gasteiger partial charge in [-0.25, -0.2) is 0 Å². The minimum atomic E-state index is -6.83. The highest BCUT2D eigenvalue weighted by Crippen LogP contribution is 2.64. The van der Waals surface area contributed by atoms with Crippen LogP contribution in [0.5, 0.6) is 0 Å². The van der Waals surface area contributed by atoms with E-state index < -0.39 is 35.6 Å². The van der Waals surface area contributed by atoms with E-state index in [2.05, 4.69) is 0 Å². The van der Waals surface area contributed by atoms with Crippen LogP contribution >= 0.6 is 11.6 Å². The highest BCUT2D eigenvalue weighted by Gasteiger charge is 2.86. The lowest BCUT2D eigenvalue weighted by Crippen LogP contribution is -2.62. The summed E-state index contributed by atoms with van der Waals surface area (Å²) in [5.74, 6) is 0. The van der Waals surface area contributed by atoms with Crippen molar-refractivity contribution in [3.63, 3.8) is 0 Å². The highest BCUT2D eigenvalue weighted by atomic mass is 35.5. The zero-order valence-corrected chi connectivity index (χ0v) is 10.9. The van der Waals surface area contributed by atoms with Crippen molar-refractivity contribution in [3.8, 4) is 0 Å². The van der Waals surface area contributed by atoms with Crippen LogP contribution < -0.4 is 0 Å². The number of aliphatic hydroxyl groups is 1. The average molecular weight is 361 g/mol. The van der Waals surface area contributed by atoms with Crippen LogP contribution in [-0.2, 0) is 0 Å². The quantitative estimate of drug-likeness (QED) is 0.732. The van der Waals surface area contributed by atoms with Gasteiger partial charge in [-0.1, -0.05) is 23.7 Å². The monoisotopic (exact) mass is 360 g/mol. The van der Waals surface area contributed by atoms with Gasteiger partial charge in [0.25, 0.3) is 5.41 Å². The maximum Gasteiger partial charge on any atom is 0.415 e. The first-order valence-electron chi connectivity index (χ1n) is 5.30. The van der Waals surface area contributed by atoms with Crippen LogP contribution in [0.3, 0.4) is 0 Å². The summed E-state index contributed by atoms with van der Waals surface area (Å²) >= 11 is 5.35. The van der Waals surface area contributed by atoms with Crippen molar-refractivity contribution in [2.24, 2.45) is 5.41 Å².